The van der Waals surface area contributed by atoms with Crippen molar-refractivity contribution >= 4 is 27.6 Å². The third-order valence-electron chi connectivity index (χ3n) is 4.53. The quantitative estimate of drug-likeness (QED) is 0.755. The Balaban J connectivity index is 1.88. The smallest absolute Gasteiger partial charge is 0.329 e. The number of halogens is 2. The summed E-state index contributed by atoms with van der Waals surface area (Å²) in [5.74, 6) is -0.654. The molecule has 2 unspecified atom stereocenters. The van der Waals surface area contributed by atoms with Crippen molar-refractivity contribution < 1.29 is 13.9 Å². The van der Waals surface area contributed by atoms with Crippen LogP contribution in [0.2, 0.25) is 0 Å². The highest BCUT2D eigenvalue weighted by Gasteiger charge is 2.50. The van der Waals surface area contributed by atoms with Crippen LogP contribution in [0.4, 0.5) is 10.1 Å². The number of nitrogens with one attached hydrogen (secondary N) is 1. The highest BCUT2D eigenvalue weighted by molar-refractivity contribution is 9.10. The Kier molecular flexibility index (Phi) is 4.63. The second-order valence-electron chi connectivity index (χ2n) is 6.36. The van der Waals surface area contributed by atoms with Crippen LogP contribution < -0.4 is 5.32 Å². The predicted octanol–water partition coefficient (Wildman–Crippen LogP) is 4.87. The van der Waals surface area contributed by atoms with Crippen LogP contribution >= 0.6 is 15.9 Å². The number of carbonyl (C=O) groups is 1. The van der Waals surface area contributed by atoms with Crippen molar-refractivity contribution in [2.75, 3.05) is 5.32 Å². The maximum atomic E-state index is 14.1. The van der Waals surface area contributed by atoms with Crippen molar-refractivity contribution in [3.05, 3.63) is 64.4 Å². The van der Waals surface area contributed by atoms with Crippen LogP contribution in [0.1, 0.15) is 25.8 Å². The lowest BCUT2D eigenvalue weighted by atomic mass is 9.80. The zero-order valence-corrected chi connectivity index (χ0v) is 15.1. The van der Waals surface area contributed by atoms with Gasteiger partial charge in [-0.05, 0) is 29.7 Å². The summed E-state index contributed by atoms with van der Waals surface area (Å²) in [5, 5.41) is 3.00. The van der Waals surface area contributed by atoms with Gasteiger partial charge < -0.3 is 10.1 Å². The number of cyclic esters (lactones) is 1. The Morgan fingerprint density at radius 3 is 2.58 bits per heavy atom. The normalized spacial score (nSPS) is 23.4. The fourth-order valence-electron chi connectivity index (χ4n) is 3.17. The fraction of sp³-hybridized carbons (Fsp3) is 0.316. The first kappa shape index (κ1) is 17.0. The van der Waals surface area contributed by atoms with E-state index in [1.165, 1.54) is 6.07 Å². The standard InChI is InChI=1S/C19H19BrFNO2/c1-12(2)19(13-6-4-3-5-7-13)11-17(18(23)24-19)22-16-9-8-14(20)10-15(16)21/h3-10,12,17,22H,11H2,1-2H3. The third-order valence-corrected chi connectivity index (χ3v) is 5.02. The molecule has 0 radical (unpaired) electrons. The number of benzene rings is 2. The van der Waals surface area contributed by atoms with E-state index in [0.29, 0.717) is 16.6 Å². The molecule has 24 heavy (non-hydrogen) atoms. The highest BCUT2D eigenvalue weighted by Crippen LogP contribution is 2.43. The zero-order valence-electron chi connectivity index (χ0n) is 13.6. The van der Waals surface area contributed by atoms with Gasteiger partial charge >= 0.3 is 5.97 Å². The van der Waals surface area contributed by atoms with Crippen LogP contribution in [0, 0.1) is 11.7 Å². The van der Waals surface area contributed by atoms with E-state index < -0.39 is 17.5 Å². The second-order valence-corrected chi connectivity index (χ2v) is 7.27. The molecule has 1 saturated heterocycles. The maximum Gasteiger partial charge on any atom is 0.329 e. The Morgan fingerprint density at radius 1 is 1.25 bits per heavy atom. The van der Waals surface area contributed by atoms with E-state index in [0.717, 1.165) is 5.56 Å². The minimum atomic E-state index is -0.693. The molecule has 0 saturated carbocycles. The highest BCUT2D eigenvalue weighted by atomic mass is 79.9. The van der Waals surface area contributed by atoms with E-state index in [2.05, 4.69) is 21.2 Å². The second kappa shape index (κ2) is 6.55. The lowest BCUT2D eigenvalue weighted by molar-refractivity contribution is -0.153. The van der Waals surface area contributed by atoms with Gasteiger partial charge in [-0.25, -0.2) is 9.18 Å². The molecule has 1 aliphatic heterocycles. The molecule has 126 valence electrons. The molecule has 2 aromatic rings. The van der Waals surface area contributed by atoms with Gasteiger partial charge in [-0.2, -0.15) is 0 Å². The molecule has 0 aliphatic carbocycles. The molecule has 0 amide bonds. The summed E-state index contributed by atoms with van der Waals surface area (Å²) >= 11 is 3.23. The van der Waals surface area contributed by atoms with Gasteiger partial charge in [-0.3, -0.25) is 0 Å². The third kappa shape index (κ3) is 3.05. The van der Waals surface area contributed by atoms with Crippen LogP contribution in [0.5, 0.6) is 0 Å². The zero-order chi connectivity index (χ0) is 17.3. The first-order valence-corrected chi connectivity index (χ1v) is 8.71. The van der Waals surface area contributed by atoms with Crippen molar-refractivity contribution in [3.8, 4) is 0 Å². The van der Waals surface area contributed by atoms with Gasteiger partial charge in [0, 0.05) is 10.9 Å². The van der Waals surface area contributed by atoms with Crippen molar-refractivity contribution in [2.45, 2.75) is 31.9 Å². The molecule has 1 N–H and O–H groups in total. The van der Waals surface area contributed by atoms with Crippen molar-refractivity contribution in [3.63, 3.8) is 0 Å². The fourth-order valence-corrected chi connectivity index (χ4v) is 3.50. The Morgan fingerprint density at radius 2 is 1.96 bits per heavy atom. The van der Waals surface area contributed by atoms with E-state index in [1.54, 1.807) is 12.1 Å². The average Bonchev–Trinajstić information content (AvgIpc) is 2.89. The molecule has 1 heterocycles. The Labute approximate surface area is 149 Å². The largest absolute Gasteiger partial charge is 0.452 e. The Bertz CT molecular complexity index is 750. The summed E-state index contributed by atoms with van der Waals surface area (Å²) < 4.78 is 20.5. The summed E-state index contributed by atoms with van der Waals surface area (Å²) in [6.45, 7) is 4.06. The van der Waals surface area contributed by atoms with Gasteiger partial charge in [0.05, 0.1) is 5.69 Å². The average molecular weight is 392 g/mol. The molecule has 5 heteroatoms. The summed E-state index contributed by atoms with van der Waals surface area (Å²) in [6.07, 6.45) is 0.461. The molecule has 3 nitrogen and oxygen atoms in total. The minimum Gasteiger partial charge on any atom is -0.452 e. The van der Waals surface area contributed by atoms with Gasteiger partial charge in [0.25, 0.3) is 0 Å². The monoisotopic (exact) mass is 391 g/mol. The molecule has 3 rings (SSSR count). The van der Waals surface area contributed by atoms with Gasteiger partial charge in [0.15, 0.2) is 0 Å². The molecule has 0 aromatic heterocycles. The number of anilines is 1. The first-order valence-electron chi connectivity index (χ1n) is 7.92. The first-order chi connectivity index (χ1) is 11.4. The number of esters is 1. The summed E-state index contributed by atoms with van der Waals surface area (Å²) in [7, 11) is 0. The van der Waals surface area contributed by atoms with Crippen LogP contribution in [0.15, 0.2) is 53.0 Å². The van der Waals surface area contributed by atoms with Crippen LogP contribution in [-0.4, -0.2) is 12.0 Å². The van der Waals surface area contributed by atoms with Crippen LogP contribution in [0.25, 0.3) is 0 Å². The van der Waals surface area contributed by atoms with Crippen LogP contribution in [-0.2, 0) is 15.1 Å². The molecule has 1 fully saturated rings. The lowest BCUT2D eigenvalue weighted by Gasteiger charge is -2.32. The van der Waals surface area contributed by atoms with E-state index in [4.69, 9.17) is 4.74 Å². The molecule has 2 aromatic carbocycles. The van der Waals surface area contributed by atoms with Gasteiger partial charge in [-0.15, -0.1) is 0 Å². The van der Waals surface area contributed by atoms with Crippen molar-refractivity contribution in [1.82, 2.24) is 0 Å². The van der Waals surface area contributed by atoms with Crippen molar-refractivity contribution in [2.24, 2.45) is 5.92 Å². The number of carbonyl (C=O) groups excluding carboxylic acids is 1. The number of hydrogen-bond acceptors (Lipinski definition) is 3. The minimum absolute atomic E-state index is 0.102. The molecule has 0 bridgehead atoms. The van der Waals surface area contributed by atoms with Gasteiger partial charge in [0.2, 0.25) is 0 Å². The lowest BCUT2D eigenvalue weighted by Crippen LogP contribution is -2.32. The topological polar surface area (TPSA) is 38.3 Å². The molecule has 0 spiro atoms. The van der Waals surface area contributed by atoms with E-state index in [-0.39, 0.29) is 11.9 Å². The summed E-state index contributed by atoms with van der Waals surface area (Å²) in [5.41, 5.74) is 0.573. The van der Waals surface area contributed by atoms with Crippen molar-refractivity contribution in [1.29, 1.82) is 0 Å². The van der Waals surface area contributed by atoms with E-state index in [1.807, 2.05) is 44.2 Å². The van der Waals surface area contributed by atoms with E-state index >= 15 is 0 Å². The summed E-state index contributed by atoms with van der Waals surface area (Å²) in [4.78, 5) is 12.4. The SMILES string of the molecule is CC(C)C1(c2ccccc2)CC(Nc2ccc(Br)cc2F)C(=O)O1. The predicted molar refractivity (Wildman–Crippen MR) is 95.2 cm³/mol. The number of hydrogen-bond donors (Lipinski definition) is 1. The van der Waals surface area contributed by atoms with Gasteiger partial charge in [0.1, 0.15) is 17.5 Å². The summed E-state index contributed by atoms with van der Waals surface area (Å²) in [6, 6.07) is 13.9. The number of ether oxygens (including phenoxy) is 1. The molecular formula is C19H19BrFNO2. The Hall–Kier alpha value is -1.88. The molecular weight excluding hydrogens is 373 g/mol. The van der Waals surface area contributed by atoms with Crippen LogP contribution in [0.3, 0.4) is 0 Å². The molecule has 2 atom stereocenters. The maximum absolute atomic E-state index is 14.1. The van der Waals surface area contributed by atoms with Gasteiger partial charge in [-0.1, -0.05) is 60.1 Å². The number of rotatable bonds is 4. The molecule has 1 aliphatic rings. The van der Waals surface area contributed by atoms with E-state index in [9.17, 15) is 9.18 Å².